The summed E-state index contributed by atoms with van der Waals surface area (Å²) in [7, 11) is 1.84. The van der Waals surface area contributed by atoms with Crippen molar-refractivity contribution in [3.63, 3.8) is 0 Å². The predicted molar refractivity (Wildman–Crippen MR) is 124 cm³/mol. The van der Waals surface area contributed by atoms with Gasteiger partial charge in [-0.3, -0.25) is 4.79 Å². The first-order valence-corrected chi connectivity index (χ1v) is 11.3. The van der Waals surface area contributed by atoms with E-state index in [1.165, 1.54) is 12.1 Å². The molecular formula is C22H21BFN5O2S. The number of amides is 1. The summed E-state index contributed by atoms with van der Waals surface area (Å²) in [6.07, 6.45) is 2.57. The van der Waals surface area contributed by atoms with Crippen LogP contribution in [0.5, 0.6) is 0 Å². The van der Waals surface area contributed by atoms with Crippen molar-refractivity contribution in [1.82, 2.24) is 19.5 Å². The number of ether oxygens (including phenoxy) is 1. The summed E-state index contributed by atoms with van der Waals surface area (Å²) in [5.74, 6) is -0.227. The summed E-state index contributed by atoms with van der Waals surface area (Å²) in [5, 5.41) is 13.8. The molecule has 4 heterocycles. The molecule has 1 aliphatic heterocycles. The first kappa shape index (κ1) is 20.7. The molecule has 1 amide bonds. The molecule has 162 valence electrons. The van der Waals surface area contributed by atoms with Gasteiger partial charge < -0.3 is 14.6 Å². The Labute approximate surface area is 189 Å². The van der Waals surface area contributed by atoms with Gasteiger partial charge in [0.15, 0.2) is 17.7 Å². The number of anilines is 1. The predicted octanol–water partition coefficient (Wildman–Crippen LogP) is 3.96. The summed E-state index contributed by atoms with van der Waals surface area (Å²) in [5.41, 5.74) is 2.65. The smallest absolute Gasteiger partial charge is 0.277 e. The van der Waals surface area contributed by atoms with Gasteiger partial charge in [0.1, 0.15) is 5.82 Å². The highest BCUT2D eigenvalue weighted by atomic mass is 32.1. The van der Waals surface area contributed by atoms with Crippen molar-refractivity contribution >= 4 is 31.0 Å². The number of halogens is 1. The number of carbonyl (C=O) groups is 1. The van der Waals surface area contributed by atoms with Crippen LogP contribution in [0, 0.1) is 5.82 Å². The van der Waals surface area contributed by atoms with E-state index in [1.54, 1.807) is 38.8 Å². The molecule has 0 spiro atoms. The van der Waals surface area contributed by atoms with E-state index in [1.807, 2.05) is 31.6 Å². The Morgan fingerprint density at radius 3 is 2.72 bits per heavy atom. The molecule has 1 unspecified atom stereocenters. The van der Waals surface area contributed by atoms with Crippen molar-refractivity contribution < 1.29 is 13.9 Å². The fourth-order valence-corrected chi connectivity index (χ4v) is 4.61. The van der Waals surface area contributed by atoms with Gasteiger partial charge in [-0.15, -0.1) is 11.3 Å². The summed E-state index contributed by atoms with van der Waals surface area (Å²) >= 11 is 1.61. The Hall–Kier alpha value is -3.24. The van der Waals surface area contributed by atoms with E-state index in [0.717, 1.165) is 35.4 Å². The molecule has 5 rings (SSSR count). The van der Waals surface area contributed by atoms with Crippen LogP contribution in [0.1, 0.15) is 36.0 Å². The molecule has 0 saturated carbocycles. The molecule has 1 saturated heterocycles. The lowest BCUT2D eigenvalue weighted by molar-refractivity contribution is -0.0384. The Kier molecular flexibility index (Phi) is 5.63. The van der Waals surface area contributed by atoms with E-state index < -0.39 is 0 Å². The standard InChI is InChI=1S/C22H21BFN5O2S/c23-29-18(19-4-3-11-32-19)13-20(27-29)25-22(30)16-12-17(14-6-8-15(24)9-7-14)28(26-16)21-5-1-2-10-31-21/h3-4,6-9,11-13,21H,1-2,5,10,23H2,(H,25,27,30). The third kappa shape index (κ3) is 4.11. The van der Waals surface area contributed by atoms with Crippen LogP contribution in [-0.2, 0) is 4.74 Å². The minimum Gasteiger partial charge on any atom is -0.356 e. The van der Waals surface area contributed by atoms with Crippen LogP contribution in [0.15, 0.2) is 53.9 Å². The number of hydrogen-bond donors (Lipinski definition) is 1. The SMILES string of the molecule is Bn1nc(NC(=O)c2cc(-c3ccc(F)cc3)n(C3CCCCO3)n2)cc1-c1cccs1. The van der Waals surface area contributed by atoms with Crippen LogP contribution < -0.4 is 5.32 Å². The number of rotatable bonds is 5. The molecule has 32 heavy (non-hydrogen) atoms. The average molecular weight is 449 g/mol. The van der Waals surface area contributed by atoms with Crippen molar-refractivity contribution in [3.05, 3.63) is 65.4 Å². The average Bonchev–Trinajstić information content (AvgIpc) is 3.55. The molecule has 1 aliphatic rings. The van der Waals surface area contributed by atoms with E-state index in [-0.39, 0.29) is 23.6 Å². The quantitative estimate of drug-likeness (QED) is 0.468. The van der Waals surface area contributed by atoms with Crippen molar-refractivity contribution in [2.24, 2.45) is 0 Å². The van der Waals surface area contributed by atoms with Crippen LogP contribution in [0.2, 0.25) is 0 Å². The second kappa shape index (κ2) is 8.72. The maximum atomic E-state index is 13.5. The van der Waals surface area contributed by atoms with Crippen LogP contribution in [-0.4, -0.2) is 40.0 Å². The van der Waals surface area contributed by atoms with Gasteiger partial charge in [0.05, 0.1) is 16.3 Å². The Balaban J connectivity index is 1.44. The first-order chi connectivity index (χ1) is 15.6. The minimum absolute atomic E-state index is 0.252. The van der Waals surface area contributed by atoms with Gasteiger partial charge in [0, 0.05) is 18.2 Å². The fraction of sp³-hybridized carbons (Fsp3) is 0.227. The normalized spacial score (nSPS) is 16.2. The lowest BCUT2D eigenvalue weighted by atomic mass is 10.1. The molecule has 1 atom stereocenters. The summed E-state index contributed by atoms with van der Waals surface area (Å²) < 4.78 is 22.8. The summed E-state index contributed by atoms with van der Waals surface area (Å²) in [6.45, 7) is 0.647. The van der Waals surface area contributed by atoms with E-state index >= 15 is 0 Å². The monoisotopic (exact) mass is 449 g/mol. The van der Waals surface area contributed by atoms with Crippen molar-refractivity contribution in [2.45, 2.75) is 25.5 Å². The third-order valence-electron chi connectivity index (χ3n) is 5.43. The molecule has 1 aromatic carbocycles. The van der Waals surface area contributed by atoms with Gasteiger partial charge >= 0.3 is 0 Å². The second-order valence-electron chi connectivity index (χ2n) is 7.66. The zero-order valence-corrected chi connectivity index (χ0v) is 18.3. The summed E-state index contributed by atoms with van der Waals surface area (Å²) in [6, 6.07) is 13.7. The largest absolute Gasteiger partial charge is 0.356 e. The highest BCUT2D eigenvalue weighted by molar-refractivity contribution is 7.13. The highest BCUT2D eigenvalue weighted by Crippen LogP contribution is 2.30. The lowest BCUT2D eigenvalue weighted by Gasteiger charge is -2.24. The van der Waals surface area contributed by atoms with E-state index in [2.05, 4.69) is 15.5 Å². The number of hydrogen-bond acceptors (Lipinski definition) is 5. The van der Waals surface area contributed by atoms with E-state index in [9.17, 15) is 9.18 Å². The zero-order valence-electron chi connectivity index (χ0n) is 17.5. The van der Waals surface area contributed by atoms with Crippen LogP contribution in [0.3, 0.4) is 0 Å². The van der Waals surface area contributed by atoms with Gasteiger partial charge in [0.25, 0.3) is 5.91 Å². The number of thiophene rings is 1. The van der Waals surface area contributed by atoms with Crippen LogP contribution >= 0.6 is 11.3 Å². The summed E-state index contributed by atoms with van der Waals surface area (Å²) in [4.78, 5) is 14.1. The molecule has 3 aromatic heterocycles. The van der Waals surface area contributed by atoms with Crippen LogP contribution in [0.25, 0.3) is 21.8 Å². The topological polar surface area (TPSA) is 74.0 Å². The van der Waals surface area contributed by atoms with Crippen molar-refractivity contribution in [1.29, 1.82) is 0 Å². The molecule has 1 N–H and O–H groups in total. The van der Waals surface area contributed by atoms with Crippen molar-refractivity contribution in [2.75, 3.05) is 11.9 Å². The maximum Gasteiger partial charge on any atom is 0.277 e. The van der Waals surface area contributed by atoms with E-state index in [0.29, 0.717) is 18.1 Å². The third-order valence-corrected chi connectivity index (χ3v) is 6.32. The minimum atomic E-state index is -0.362. The molecule has 1 fully saturated rings. The Morgan fingerprint density at radius 2 is 2.00 bits per heavy atom. The van der Waals surface area contributed by atoms with Gasteiger partial charge in [-0.1, -0.05) is 6.07 Å². The molecule has 0 bridgehead atoms. The second-order valence-corrected chi connectivity index (χ2v) is 8.61. The van der Waals surface area contributed by atoms with Gasteiger partial charge in [-0.25, -0.2) is 9.07 Å². The number of nitrogens with zero attached hydrogens (tertiary/aromatic N) is 4. The number of nitrogens with one attached hydrogen (secondary N) is 1. The Bertz CT molecular complexity index is 1230. The number of aromatic nitrogens is 4. The highest BCUT2D eigenvalue weighted by Gasteiger charge is 2.24. The first-order valence-electron chi connectivity index (χ1n) is 10.4. The molecule has 4 aromatic rings. The fourth-order valence-electron chi connectivity index (χ4n) is 3.84. The van der Waals surface area contributed by atoms with Crippen LogP contribution in [0.4, 0.5) is 10.2 Å². The molecule has 0 radical (unpaired) electrons. The van der Waals surface area contributed by atoms with Crippen molar-refractivity contribution in [3.8, 4) is 21.8 Å². The molecular weight excluding hydrogens is 428 g/mol. The van der Waals surface area contributed by atoms with Gasteiger partial charge in [-0.2, -0.15) is 10.2 Å². The number of benzene rings is 1. The molecule has 10 heteroatoms. The molecule has 0 aliphatic carbocycles. The van der Waals surface area contributed by atoms with Gasteiger partial charge in [-0.05, 0) is 61.0 Å². The number of carbonyl (C=O) groups excluding carboxylic acids is 1. The van der Waals surface area contributed by atoms with Gasteiger partial charge in [0.2, 0.25) is 7.98 Å². The lowest BCUT2D eigenvalue weighted by Crippen LogP contribution is -2.21. The molecule has 7 nitrogen and oxygen atoms in total. The zero-order chi connectivity index (χ0) is 22.1. The Morgan fingerprint density at radius 1 is 1.16 bits per heavy atom. The van der Waals surface area contributed by atoms with E-state index in [4.69, 9.17) is 4.74 Å². The maximum absolute atomic E-state index is 13.5.